The van der Waals surface area contributed by atoms with Gasteiger partial charge in [-0.25, -0.2) is 9.59 Å². The minimum atomic E-state index is -1.03. The standard InChI is InChI=1S/C14H19N3O4/c1-8(2)17(7-12(15)18)14(21)16-11-5-4-10(13(19)20)6-9(11)3/h4-6,8H,7H2,1-3H3,(H2,15,18)(H,16,21)(H,19,20). The van der Waals surface area contributed by atoms with Crippen molar-refractivity contribution in [3.63, 3.8) is 0 Å². The minimum Gasteiger partial charge on any atom is -0.478 e. The number of hydrogen-bond acceptors (Lipinski definition) is 3. The number of amides is 3. The first-order valence-electron chi connectivity index (χ1n) is 6.42. The van der Waals surface area contributed by atoms with Crippen molar-refractivity contribution < 1.29 is 19.5 Å². The van der Waals surface area contributed by atoms with Crippen LogP contribution in [-0.2, 0) is 4.79 Å². The number of benzene rings is 1. The zero-order valence-electron chi connectivity index (χ0n) is 12.2. The molecule has 0 heterocycles. The molecule has 114 valence electrons. The molecular formula is C14H19N3O4. The van der Waals surface area contributed by atoms with Crippen molar-refractivity contribution in [3.8, 4) is 0 Å². The molecule has 3 amide bonds. The number of nitrogens with two attached hydrogens (primary N) is 1. The van der Waals surface area contributed by atoms with Crippen molar-refractivity contribution in [2.45, 2.75) is 26.8 Å². The lowest BCUT2D eigenvalue weighted by molar-refractivity contribution is -0.118. The fourth-order valence-electron chi connectivity index (χ4n) is 1.78. The van der Waals surface area contributed by atoms with Gasteiger partial charge in [0.1, 0.15) is 6.54 Å². The van der Waals surface area contributed by atoms with Crippen molar-refractivity contribution in [2.75, 3.05) is 11.9 Å². The van der Waals surface area contributed by atoms with Gasteiger partial charge in [0.05, 0.1) is 5.56 Å². The highest BCUT2D eigenvalue weighted by atomic mass is 16.4. The highest BCUT2D eigenvalue weighted by molar-refractivity contribution is 5.94. The Morgan fingerprint density at radius 1 is 1.33 bits per heavy atom. The average molecular weight is 293 g/mol. The first-order chi connectivity index (χ1) is 9.72. The third-order valence-electron chi connectivity index (χ3n) is 2.93. The van der Waals surface area contributed by atoms with Crippen molar-refractivity contribution >= 4 is 23.6 Å². The van der Waals surface area contributed by atoms with Crippen LogP contribution in [0.2, 0.25) is 0 Å². The first-order valence-corrected chi connectivity index (χ1v) is 6.42. The molecule has 0 radical (unpaired) electrons. The lowest BCUT2D eigenvalue weighted by Gasteiger charge is -2.26. The topological polar surface area (TPSA) is 113 Å². The molecule has 0 aromatic heterocycles. The molecule has 7 nitrogen and oxygen atoms in total. The SMILES string of the molecule is Cc1cc(C(=O)O)ccc1NC(=O)N(CC(N)=O)C(C)C. The van der Waals surface area contributed by atoms with Crippen LogP contribution < -0.4 is 11.1 Å². The van der Waals surface area contributed by atoms with E-state index >= 15 is 0 Å². The molecule has 0 aliphatic rings. The average Bonchev–Trinajstić information content (AvgIpc) is 2.37. The number of primary amides is 1. The van der Waals surface area contributed by atoms with Gasteiger partial charge in [0.25, 0.3) is 0 Å². The molecule has 0 aliphatic heterocycles. The van der Waals surface area contributed by atoms with Crippen molar-refractivity contribution in [1.82, 2.24) is 4.90 Å². The number of aromatic carboxylic acids is 1. The third-order valence-corrected chi connectivity index (χ3v) is 2.93. The van der Waals surface area contributed by atoms with E-state index in [2.05, 4.69) is 5.32 Å². The zero-order chi connectivity index (χ0) is 16.2. The molecule has 0 spiro atoms. The van der Waals surface area contributed by atoms with Crippen LogP contribution in [0, 0.1) is 6.92 Å². The number of rotatable bonds is 5. The number of carbonyl (C=O) groups excluding carboxylic acids is 2. The fraction of sp³-hybridized carbons (Fsp3) is 0.357. The minimum absolute atomic E-state index is 0.142. The van der Waals surface area contributed by atoms with Gasteiger partial charge in [0.2, 0.25) is 5.91 Å². The maximum absolute atomic E-state index is 12.2. The smallest absolute Gasteiger partial charge is 0.335 e. The van der Waals surface area contributed by atoms with Crippen LogP contribution in [0.25, 0.3) is 0 Å². The van der Waals surface area contributed by atoms with E-state index in [1.165, 1.54) is 23.1 Å². The van der Waals surface area contributed by atoms with E-state index in [9.17, 15) is 14.4 Å². The molecular weight excluding hydrogens is 274 g/mol. The number of carboxylic acids is 1. The van der Waals surface area contributed by atoms with Gasteiger partial charge in [-0.15, -0.1) is 0 Å². The largest absolute Gasteiger partial charge is 0.478 e. The Morgan fingerprint density at radius 3 is 2.38 bits per heavy atom. The number of nitrogens with zero attached hydrogens (tertiary/aromatic N) is 1. The van der Waals surface area contributed by atoms with E-state index in [-0.39, 0.29) is 18.2 Å². The summed E-state index contributed by atoms with van der Waals surface area (Å²) in [6.07, 6.45) is 0. The molecule has 0 atom stereocenters. The molecule has 0 saturated carbocycles. The molecule has 1 rings (SSSR count). The summed E-state index contributed by atoms with van der Waals surface area (Å²) < 4.78 is 0. The molecule has 0 bridgehead atoms. The van der Waals surface area contributed by atoms with E-state index in [4.69, 9.17) is 10.8 Å². The summed E-state index contributed by atoms with van der Waals surface area (Å²) in [5, 5.41) is 11.5. The van der Waals surface area contributed by atoms with Crippen molar-refractivity contribution in [1.29, 1.82) is 0 Å². The summed E-state index contributed by atoms with van der Waals surface area (Å²) in [4.78, 5) is 35.3. The second-order valence-corrected chi connectivity index (χ2v) is 4.95. The van der Waals surface area contributed by atoms with Crippen LogP contribution in [0.4, 0.5) is 10.5 Å². The molecule has 4 N–H and O–H groups in total. The predicted molar refractivity (Wildman–Crippen MR) is 78.2 cm³/mol. The second kappa shape index (κ2) is 6.74. The van der Waals surface area contributed by atoms with Crippen LogP contribution in [-0.4, -0.2) is 40.5 Å². The Hall–Kier alpha value is -2.57. The molecule has 0 aliphatic carbocycles. The molecule has 0 unspecified atom stereocenters. The molecule has 1 aromatic carbocycles. The van der Waals surface area contributed by atoms with Gasteiger partial charge >= 0.3 is 12.0 Å². The second-order valence-electron chi connectivity index (χ2n) is 4.95. The quantitative estimate of drug-likeness (QED) is 0.762. The predicted octanol–water partition coefficient (Wildman–Crippen LogP) is 1.42. The number of aryl methyl sites for hydroxylation is 1. The summed E-state index contributed by atoms with van der Waals surface area (Å²) in [5.41, 5.74) is 6.36. The lowest BCUT2D eigenvalue weighted by atomic mass is 10.1. The highest BCUT2D eigenvalue weighted by Gasteiger charge is 2.19. The number of carbonyl (C=O) groups is 3. The first kappa shape index (κ1) is 16.5. The van der Waals surface area contributed by atoms with E-state index in [1.807, 2.05) is 0 Å². The number of nitrogens with one attached hydrogen (secondary N) is 1. The third kappa shape index (κ3) is 4.48. The summed E-state index contributed by atoms with van der Waals surface area (Å²) in [6, 6.07) is 3.72. The highest BCUT2D eigenvalue weighted by Crippen LogP contribution is 2.17. The van der Waals surface area contributed by atoms with Crippen LogP contribution in [0.1, 0.15) is 29.8 Å². The summed E-state index contributed by atoms with van der Waals surface area (Å²) in [5.74, 6) is -1.63. The lowest BCUT2D eigenvalue weighted by Crippen LogP contribution is -2.45. The van der Waals surface area contributed by atoms with Crippen molar-refractivity contribution in [3.05, 3.63) is 29.3 Å². The van der Waals surface area contributed by atoms with E-state index < -0.39 is 17.9 Å². The Morgan fingerprint density at radius 2 is 1.95 bits per heavy atom. The van der Waals surface area contributed by atoms with Crippen LogP contribution in [0.15, 0.2) is 18.2 Å². The Balaban J connectivity index is 2.91. The monoisotopic (exact) mass is 293 g/mol. The van der Waals surface area contributed by atoms with Crippen LogP contribution in [0.3, 0.4) is 0 Å². The van der Waals surface area contributed by atoms with E-state index in [0.29, 0.717) is 11.3 Å². The summed E-state index contributed by atoms with van der Waals surface area (Å²) in [7, 11) is 0. The van der Waals surface area contributed by atoms with Crippen molar-refractivity contribution in [2.24, 2.45) is 5.73 Å². The molecule has 1 aromatic rings. The maximum Gasteiger partial charge on any atom is 0.335 e. The summed E-state index contributed by atoms with van der Waals surface area (Å²) >= 11 is 0. The molecule has 21 heavy (non-hydrogen) atoms. The van der Waals surface area contributed by atoms with Gasteiger partial charge in [-0.1, -0.05) is 0 Å². The zero-order valence-corrected chi connectivity index (χ0v) is 12.2. The Bertz CT molecular complexity index is 569. The molecule has 0 fully saturated rings. The molecule has 0 saturated heterocycles. The van der Waals surface area contributed by atoms with Gasteiger partial charge in [-0.3, -0.25) is 4.79 Å². The summed E-state index contributed by atoms with van der Waals surface area (Å²) in [6.45, 7) is 5.04. The van der Waals surface area contributed by atoms with E-state index in [0.717, 1.165) is 0 Å². The van der Waals surface area contributed by atoms with Crippen LogP contribution >= 0.6 is 0 Å². The van der Waals surface area contributed by atoms with Gasteiger partial charge in [-0.05, 0) is 44.5 Å². The number of urea groups is 1. The number of anilines is 1. The molecule has 7 heteroatoms. The van der Waals surface area contributed by atoms with Gasteiger partial charge in [0.15, 0.2) is 0 Å². The van der Waals surface area contributed by atoms with Gasteiger partial charge < -0.3 is 21.1 Å². The Labute approximate surface area is 122 Å². The maximum atomic E-state index is 12.2. The van der Waals surface area contributed by atoms with E-state index in [1.54, 1.807) is 20.8 Å². The van der Waals surface area contributed by atoms with Crippen LogP contribution in [0.5, 0.6) is 0 Å². The van der Waals surface area contributed by atoms with Gasteiger partial charge in [0, 0.05) is 11.7 Å². The number of carboxylic acid groups (broad SMARTS) is 1. The Kier molecular flexibility index (Phi) is 5.29. The fourth-order valence-corrected chi connectivity index (χ4v) is 1.78. The van der Waals surface area contributed by atoms with Gasteiger partial charge in [-0.2, -0.15) is 0 Å². The normalized spacial score (nSPS) is 10.3. The number of hydrogen-bond donors (Lipinski definition) is 3.